The van der Waals surface area contributed by atoms with E-state index < -0.39 is 24.6 Å². The second kappa shape index (κ2) is 14.4. The molecule has 3 aromatic carbocycles. The van der Waals surface area contributed by atoms with Gasteiger partial charge in [-0.15, -0.1) is 18.3 Å². The zero-order chi connectivity index (χ0) is 33.7. The van der Waals surface area contributed by atoms with Gasteiger partial charge in [-0.2, -0.15) is 4.99 Å². The number of amides is 2. The first-order chi connectivity index (χ1) is 22.4. The van der Waals surface area contributed by atoms with Crippen LogP contribution in [0.2, 0.25) is 0 Å². The summed E-state index contributed by atoms with van der Waals surface area (Å²) in [6, 6.07) is 16.1. The third-order valence-corrected chi connectivity index (χ3v) is 8.50. The summed E-state index contributed by atoms with van der Waals surface area (Å²) >= 11 is 1.49. The van der Waals surface area contributed by atoms with Crippen LogP contribution in [0.5, 0.6) is 11.5 Å². The Bertz CT molecular complexity index is 1710. The number of ether oxygens (including phenoxy) is 2. The van der Waals surface area contributed by atoms with Crippen LogP contribution in [0, 0.1) is 0 Å². The Kier molecular flexibility index (Phi) is 10.4. The summed E-state index contributed by atoms with van der Waals surface area (Å²) in [5.74, 6) is 1.79. The summed E-state index contributed by atoms with van der Waals surface area (Å²) in [5.41, 5.74) is 3.47. The lowest BCUT2D eigenvalue weighted by Gasteiger charge is -2.32. The van der Waals surface area contributed by atoms with Crippen molar-refractivity contribution in [1.29, 1.82) is 0 Å². The van der Waals surface area contributed by atoms with Gasteiger partial charge in [0.15, 0.2) is 11.0 Å². The average molecular weight is 671 g/mol. The maximum atomic E-state index is 15.5. The number of alkyl halides is 4. The predicted octanol–water partition coefficient (Wildman–Crippen LogP) is 8.07. The highest BCUT2D eigenvalue weighted by Crippen LogP contribution is 2.35. The molecular weight excluding hydrogens is 636 g/mol. The van der Waals surface area contributed by atoms with E-state index in [2.05, 4.69) is 39.0 Å². The van der Waals surface area contributed by atoms with E-state index in [9.17, 15) is 18.0 Å². The first-order valence-electron chi connectivity index (χ1n) is 14.9. The van der Waals surface area contributed by atoms with Crippen molar-refractivity contribution in [3.05, 3.63) is 84.2 Å². The zero-order valence-corrected chi connectivity index (χ0v) is 27.0. The van der Waals surface area contributed by atoms with Gasteiger partial charge in [0.05, 0.1) is 18.8 Å². The SMILES string of the molecule is COc1ccc(N2CCCSC2=NC(=O)NC(C)C(F)c2ccc(-c3ncn(-c4ccc(OC(F)(F)F)cc4)n3)cc2)c(C(C)C)c1. The number of rotatable bonds is 9. The van der Waals surface area contributed by atoms with E-state index in [4.69, 9.17) is 4.74 Å². The number of halogens is 4. The van der Waals surface area contributed by atoms with E-state index >= 15 is 4.39 Å². The molecule has 2 unspecified atom stereocenters. The minimum Gasteiger partial charge on any atom is -0.497 e. The molecule has 0 spiro atoms. The minimum absolute atomic E-state index is 0.217. The molecule has 2 amide bonds. The van der Waals surface area contributed by atoms with Gasteiger partial charge in [-0.1, -0.05) is 49.9 Å². The standard InChI is InChI=1S/C33H34F4N6O3S/c1-20(2)27-18-26(45-4)14-15-28(27)42-16-5-17-47-32(42)40-31(44)39-21(3)29(34)22-6-8-23(9-7-22)30-38-19-43(41-30)24-10-12-25(13-11-24)46-33(35,36)37/h6-15,18-21,29H,5,16-17H2,1-4H3,(H,39,44). The maximum Gasteiger partial charge on any atom is 0.573 e. The Morgan fingerprint density at radius 1 is 1.02 bits per heavy atom. The van der Waals surface area contributed by atoms with Crippen molar-refractivity contribution in [2.24, 2.45) is 4.99 Å². The number of methoxy groups -OCH3 is 1. The van der Waals surface area contributed by atoms with Crippen molar-refractivity contribution in [3.63, 3.8) is 0 Å². The molecule has 1 fully saturated rings. The summed E-state index contributed by atoms with van der Waals surface area (Å²) < 4.78 is 63.5. The number of aliphatic imine (C=N–C) groups is 1. The molecule has 1 aromatic heterocycles. The molecule has 1 aliphatic heterocycles. The number of urea groups is 1. The third-order valence-electron chi connectivity index (χ3n) is 7.44. The second-order valence-electron chi connectivity index (χ2n) is 11.1. The average Bonchev–Trinajstić information content (AvgIpc) is 3.54. The number of carbonyl (C=O) groups is 1. The number of hydrogen-bond donors (Lipinski definition) is 1. The molecule has 2 heterocycles. The van der Waals surface area contributed by atoms with E-state index in [1.807, 2.05) is 23.1 Å². The Hall–Kier alpha value is -4.59. The molecule has 5 rings (SSSR count). The molecule has 0 bridgehead atoms. The molecule has 1 saturated heterocycles. The van der Waals surface area contributed by atoms with E-state index in [0.717, 1.165) is 29.2 Å². The van der Waals surface area contributed by atoms with Crippen LogP contribution >= 0.6 is 11.8 Å². The lowest BCUT2D eigenvalue weighted by atomic mass is 10.00. The van der Waals surface area contributed by atoms with E-state index in [1.165, 1.54) is 47.0 Å². The highest BCUT2D eigenvalue weighted by molar-refractivity contribution is 8.14. The Balaban J connectivity index is 1.23. The molecule has 1 N–H and O–H groups in total. The summed E-state index contributed by atoms with van der Waals surface area (Å²) in [7, 11) is 1.63. The molecule has 14 heteroatoms. The minimum atomic E-state index is -4.78. The van der Waals surface area contributed by atoms with Crippen LogP contribution in [-0.4, -0.2) is 57.8 Å². The van der Waals surface area contributed by atoms with Gasteiger partial charge in [0, 0.05) is 23.5 Å². The Morgan fingerprint density at radius 3 is 2.38 bits per heavy atom. The van der Waals surface area contributed by atoms with Crippen LogP contribution in [0.25, 0.3) is 17.1 Å². The molecule has 9 nitrogen and oxygen atoms in total. The molecule has 0 aliphatic carbocycles. The number of nitrogens with zero attached hydrogens (tertiary/aromatic N) is 5. The number of aromatic nitrogens is 3. The fourth-order valence-corrected chi connectivity index (χ4v) is 6.00. The number of amidine groups is 1. The lowest BCUT2D eigenvalue weighted by Crippen LogP contribution is -2.38. The van der Waals surface area contributed by atoms with Crippen molar-refractivity contribution in [3.8, 4) is 28.6 Å². The van der Waals surface area contributed by atoms with Crippen molar-refractivity contribution in [2.75, 3.05) is 24.3 Å². The van der Waals surface area contributed by atoms with Crippen LogP contribution in [-0.2, 0) is 0 Å². The van der Waals surface area contributed by atoms with Crippen molar-refractivity contribution in [2.45, 2.75) is 51.7 Å². The number of hydrogen-bond acceptors (Lipinski definition) is 6. The maximum absolute atomic E-state index is 15.5. The lowest BCUT2D eigenvalue weighted by molar-refractivity contribution is -0.274. The zero-order valence-electron chi connectivity index (χ0n) is 26.2. The highest BCUT2D eigenvalue weighted by atomic mass is 32.2. The van der Waals surface area contributed by atoms with Gasteiger partial charge >= 0.3 is 12.4 Å². The van der Waals surface area contributed by atoms with E-state index in [0.29, 0.717) is 34.4 Å². The Morgan fingerprint density at radius 2 is 1.72 bits per heavy atom. The fourth-order valence-electron chi connectivity index (χ4n) is 5.06. The van der Waals surface area contributed by atoms with Gasteiger partial charge in [0.25, 0.3) is 0 Å². The monoisotopic (exact) mass is 670 g/mol. The van der Waals surface area contributed by atoms with Crippen molar-refractivity contribution < 1.29 is 31.8 Å². The van der Waals surface area contributed by atoms with Crippen LogP contribution in [0.3, 0.4) is 0 Å². The van der Waals surface area contributed by atoms with Gasteiger partial charge in [-0.05, 0) is 72.9 Å². The van der Waals surface area contributed by atoms with Gasteiger partial charge in [0.1, 0.15) is 24.0 Å². The quantitative estimate of drug-likeness (QED) is 0.180. The summed E-state index contributed by atoms with van der Waals surface area (Å²) in [6.07, 6.45) is -3.95. The van der Waals surface area contributed by atoms with Crippen LogP contribution in [0.15, 0.2) is 78.0 Å². The topological polar surface area (TPSA) is 93.9 Å². The van der Waals surface area contributed by atoms with E-state index in [1.54, 1.807) is 38.3 Å². The number of benzene rings is 3. The highest BCUT2D eigenvalue weighted by Gasteiger charge is 2.31. The first-order valence-corrected chi connectivity index (χ1v) is 15.9. The molecule has 0 saturated carbocycles. The largest absolute Gasteiger partial charge is 0.573 e. The summed E-state index contributed by atoms with van der Waals surface area (Å²) in [6.45, 7) is 6.48. The summed E-state index contributed by atoms with van der Waals surface area (Å²) in [5, 5.41) is 7.61. The molecule has 2 atom stereocenters. The molecule has 248 valence electrons. The van der Waals surface area contributed by atoms with Gasteiger partial charge in [0.2, 0.25) is 0 Å². The molecule has 4 aromatic rings. The van der Waals surface area contributed by atoms with E-state index in [-0.39, 0.29) is 11.7 Å². The Labute approximate surface area is 274 Å². The molecule has 1 aliphatic rings. The second-order valence-corrected chi connectivity index (χ2v) is 12.2. The van der Waals surface area contributed by atoms with Crippen LogP contribution in [0.1, 0.15) is 50.4 Å². The number of nitrogens with one attached hydrogen (secondary N) is 1. The summed E-state index contributed by atoms with van der Waals surface area (Å²) in [4.78, 5) is 23.6. The smallest absolute Gasteiger partial charge is 0.497 e. The third kappa shape index (κ3) is 8.42. The number of thioether (sulfide) groups is 1. The van der Waals surface area contributed by atoms with Crippen LogP contribution in [0.4, 0.5) is 28.0 Å². The van der Waals surface area contributed by atoms with Gasteiger partial charge in [-0.25, -0.2) is 18.9 Å². The van der Waals surface area contributed by atoms with Crippen molar-refractivity contribution >= 4 is 28.6 Å². The van der Waals surface area contributed by atoms with Gasteiger partial charge in [-0.3, -0.25) is 0 Å². The molecule has 0 radical (unpaired) electrons. The molecule has 47 heavy (non-hydrogen) atoms. The fraction of sp³-hybridized carbons (Fsp3) is 0.333. The number of carbonyl (C=O) groups excluding carboxylic acids is 1. The van der Waals surface area contributed by atoms with Crippen molar-refractivity contribution in [1.82, 2.24) is 20.1 Å². The normalized spacial score (nSPS) is 15.9. The van der Waals surface area contributed by atoms with Gasteiger partial charge < -0.3 is 19.7 Å². The molecular formula is C33H34F4N6O3S. The van der Waals surface area contributed by atoms with Crippen LogP contribution < -0.4 is 19.7 Å². The number of anilines is 1. The predicted molar refractivity (Wildman–Crippen MR) is 174 cm³/mol. The first kappa shape index (κ1) is 33.8.